The first-order chi connectivity index (χ1) is 10.3. The highest BCUT2D eigenvalue weighted by Gasteiger charge is 2.04. The lowest BCUT2D eigenvalue weighted by Gasteiger charge is -2.03. The molecule has 0 fully saturated rings. The Kier molecular flexibility index (Phi) is 2.86. The number of hydrogen-bond acceptors (Lipinski definition) is 2. The molecule has 21 heavy (non-hydrogen) atoms. The Bertz CT molecular complexity index is 900. The molecule has 0 bridgehead atoms. The van der Waals surface area contributed by atoms with Crippen molar-refractivity contribution in [1.29, 1.82) is 0 Å². The zero-order chi connectivity index (χ0) is 14.2. The molecule has 0 unspecified atom stereocenters. The highest BCUT2D eigenvalue weighted by atomic mass is 32.1. The number of aromatic nitrogens is 2. The third-order valence-corrected chi connectivity index (χ3v) is 4.61. The van der Waals surface area contributed by atoms with Crippen LogP contribution in [0.2, 0.25) is 0 Å². The molecule has 1 N–H and O–H groups in total. The van der Waals surface area contributed by atoms with E-state index in [0.717, 1.165) is 22.2 Å². The summed E-state index contributed by atoms with van der Waals surface area (Å²) in [7, 11) is 0. The number of imidazole rings is 1. The number of nitrogens with one attached hydrogen (secondary N) is 1. The van der Waals surface area contributed by atoms with Crippen molar-refractivity contribution in [2.75, 3.05) is 0 Å². The molecule has 0 amide bonds. The van der Waals surface area contributed by atoms with Gasteiger partial charge in [-0.2, -0.15) is 0 Å². The minimum absolute atomic E-state index is 0.991. The number of benzene rings is 2. The summed E-state index contributed by atoms with van der Waals surface area (Å²) in [5.41, 5.74) is 5.54. The van der Waals surface area contributed by atoms with Crippen LogP contribution >= 0.6 is 11.3 Å². The summed E-state index contributed by atoms with van der Waals surface area (Å²) in [5.74, 6) is 0. The smallest absolute Gasteiger partial charge is 0.0931 e. The van der Waals surface area contributed by atoms with Crippen molar-refractivity contribution < 1.29 is 0 Å². The zero-order valence-corrected chi connectivity index (χ0v) is 12.4. The molecule has 0 atom stereocenters. The molecule has 2 heterocycles. The Morgan fingerprint density at radius 1 is 1.05 bits per heavy atom. The summed E-state index contributed by atoms with van der Waals surface area (Å²) in [4.78, 5) is 10.0. The van der Waals surface area contributed by atoms with E-state index in [1.807, 2.05) is 0 Å². The predicted molar refractivity (Wildman–Crippen MR) is 88.4 cm³/mol. The van der Waals surface area contributed by atoms with Gasteiger partial charge in [0, 0.05) is 9.75 Å². The van der Waals surface area contributed by atoms with Gasteiger partial charge in [0.25, 0.3) is 0 Å². The first-order valence-corrected chi connectivity index (χ1v) is 7.63. The summed E-state index contributed by atoms with van der Waals surface area (Å²) in [5, 5.41) is 0. The lowest BCUT2D eigenvalue weighted by atomic mass is 10.0. The van der Waals surface area contributed by atoms with Gasteiger partial charge < -0.3 is 4.98 Å². The van der Waals surface area contributed by atoms with Crippen molar-refractivity contribution >= 4 is 22.4 Å². The Labute approximate surface area is 127 Å². The fourth-order valence-electron chi connectivity index (χ4n) is 2.45. The summed E-state index contributed by atoms with van der Waals surface area (Å²) >= 11 is 1.80. The molecule has 3 heteroatoms. The van der Waals surface area contributed by atoms with Gasteiger partial charge in [-0.05, 0) is 60.0 Å². The van der Waals surface area contributed by atoms with Gasteiger partial charge in [0.2, 0.25) is 0 Å². The minimum atomic E-state index is 0.991. The van der Waals surface area contributed by atoms with Gasteiger partial charge in [0.15, 0.2) is 0 Å². The van der Waals surface area contributed by atoms with Crippen molar-refractivity contribution in [3.05, 3.63) is 65.8 Å². The van der Waals surface area contributed by atoms with Gasteiger partial charge in [-0.1, -0.05) is 18.2 Å². The van der Waals surface area contributed by atoms with E-state index in [4.69, 9.17) is 0 Å². The largest absolute Gasteiger partial charge is 0.345 e. The van der Waals surface area contributed by atoms with Gasteiger partial charge in [0.05, 0.1) is 17.4 Å². The molecule has 0 saturated heterocycles. The molecule has 4 aromatic rings. The molecule has 0 spiro atoms. The highest BCUT2D eigenvalue weighted by molar-refractivity contribution is 7.15. The number of H-pyrrole nitrogens is 1. The summed E-state index contributed by atoms with van der Waals surface area (Å²) < 4.78 is 0. The van der Waals surface area contributed by atoms with E-state index in [1.54, 1.807) is 17.7 Å². The van der Waals surface area contributed by atoms with Crippen LogP contribution in [0.3, 0.4) is 0 Å². The normalized spacial score (nSPS) is 11.1. The molecule has 0 aliphatic rings. The maximum Gasteiger partial charge on any atom is 0.0931 e. The van der Waals surface area contributed by atoms with Crippen molar-refractivity contribution in [2.24, 2.45) is 0 Å². The monoisotopic (exact) mass is 289 g/mol. The number of aryl methyl sites for hydroxylation is 1. The molecule has 0 aliphatic heterocycles. The number of hydrogen-bond donors (Lipinski definition) is 1. The summed E-state index contributed by atoms with van der Waals surface area (Å²) in [6, 6.07) is 20.3. The summed E-state index contributed by atoms with van der Waals surface area (Å²) in [6.07, 6.45) is 1.72. The standard InChI is InChI=1S/C18H13N2S/c1-12-2-9-18(21-12)14-5-3-13(4-6-14)15-7-8-16-17(10-15)20-11-19-16/h2-5,7-11H,1H3,(H,19,20). The van der Waals surface area contributed by atoms with Crippen LogP contribution in [0.25, 0.3) is 32.6 Å². The van der Waals surface area contributed by atoms with E-state index in [9.17, 15) is 0 Å². The lowest BCUT2D eigenvalue weighted by Crippen LogP contribution is -1.80. The zero-order valence-electron chi connectivity index (χ0n) is 11.6. The quantitative estimate of drug-likeness (QED) is 0.548. The van der Waals surface area contributed by atoms with Gasteiger partial charge in [-0.3, -0.25) is 0 Å². The minimum Gasteiger partial charge on any atom is -0.345 e. The van der Waals surface area contributed by atoms with Crippen LogP contribution in [0.15, 0.2) is 54.9 Å². The first kappa shape index (κ1) is 12.4. The average molecular weight is 289 g/mol. The van der Waals surface area contributed by atoms with Gasteiger partial charge in [-0.15, -0.1) is 11.3 Å². The maximum absolute atomic E-state index is 4.31. The van der Waals surface area contributed by atoms with Crippen LogP contribution < -0.4 is 0 Å². The second kappa shape index (κ2) is 4.86. The Morgan fingerprint density at radius 3 is 2.71 bits per heavy atom. The average Bonchev–Trinajstić information content (AvgIpc) is 3.15. The van der Waals surface area contributed by atoms with E-state index < -0.39 is 0 Å². The molecule has 0 aliphatic carbocycles. The number of thiophene rings is 1. The number of fused-ring (bicyclic) bond motifs is 1. The molecule has 4 rings (SSSR count). The number of aromatic amines is 1. The van der Waals surface area contributed by atoms with Crippen LogP contribution in [0.1, 0.15) is 4.88 Å². The molecular weight excluding hydrogens is 276 g/mol. The van der Waals surface area contributed by atoms with Gasteiger partial charge in [-0.25, -0.2) is 4.98 Å². The second-order valence-corrected chi connectivity index (χ2v) is 6.32. The molecule has 101 valence electrons. The second-order valence-electron chi connectivity index (χ2n) is 5.04. The van der Waals surface area contributed by atoms with Crippen molar-refractivity contribution in [3.8, 4) is 21.6 Å². The van der Waals surface area contributed by atoms with Gasteiger partial charge in [0.1, 0.15) is 0 Å². The molecule has 1 radical (unpaired) electrons. The fourth-order valence-corrected chi connectivity index (χ4v) is 3.30. The third-order valence-electron chi connectivity index (χ3n) is 3.57. The van der Waals surface area contributed by atoms with E-state index in [1.165, 1.54) is 15.3 Å². The Morgan fingerprint density at radius 2 is 1.95 bits per heavy atom. The van der Waals surface area contributed by atoms with Crippen molar-refractivity contribution in [2.45, 2.75) is 6.92 Å². The topological polar surface area (TPSA) is 28.7 Å². The molecule has 2 aromatic carbocycles. The number of rotatable bonds is 2. The van der Waals surface area contributed by atoms with Crippen LogP contribution in [0.4, 0.5) is 0 Å². The van der Waals surface area contributed by atoms with Crippen molar-refractivity contribution in [1.82, 2.24) is 9.97 Å². The predicted octanol–water partition coefficient (Wildman–Crippen LogP) is 5.07. The number of nitrogens with zero attached hydrogens (tertiary/aromatic N) is 1. The fraction of sp³-hybridized carbons (Fsp3) is 0.0556. The van der Waals surface area contributed by atoms with E-state index in [2.05, 4.69) is 71.5 Å². The molecular formula is C18H13N2S. The first-order valence-electron chi connectivity index (χ1n) is 6.82. The maximum atomic E-state index is 4.31. The van der Waals surface area contributed by atoms with E-state index in [-0.39, 0.29) is 0 Å². The van der Waals surface area contributed by atoms with Crippen LogP contribution in [-0.2, 0) is 0 Å². The SMILES string of the molecule is Cc1ccc(-c2[c]cc(-c3ccc4[nH]cnc4c3)cc2)s1. The highest BCUT2D eigenvalue weighted by Crippen LogP contribution is 2.30. The van der Waals surface area contributed by atoms with Gasteiger partial charge >= 0.3 is 0 Å². The van der Waals surface area contributed by atoms with E-state index in [0.29, 0.717) is 0 Å². The Hall–Kier alpha value is -2.39. The van der Waals surface area contributed by atoms with Crippen LogP contribution in [0.5, 0.6) is 0 Å². The molecule has 0 saturated carbocycles. The molecule has 2 nitrogen and oxygen atoms in total. The lowest BCUT2D eigenvalue weighted by molar-refractivity contribution is 1.34. The Balaban J connectivity index is 1.72. The molecule has 2 aromatic heterocycles. The van der Waals surface area contributed by atoms with E-state index >= 15 is 0 Å². The van der Waals surface area contributed by atoms with Crippen molar-refractivity contribution in [3.63, 3.8) is 0 Å². The van der Waals surface area contributed by atoms with Crippen LogP contribution in [0, 0.1) is 13.0 Å². The third kappa shape index (κ3) is 2.26. The summed E-state index contributed by atoms with van der Waals surface area (Å²) in [6.45, 7) is 2.13. The van der Waals surface area contributed by atoms with Crippen LogP contribution in [-0.4, -0.2) is 9.97 Å².